The molecule has 2 aromatic heterocycles. The van der Waals surface area contributed by atoms with Crippen molar-refractivity contribution in [3.05, 3.63) is 168 Å². The number of nitrogens with zero attached hydrogens (tertiary/aromatic N) is 4. The van der Waals surface area contributed by atoms with Crippen LogP contribution in [0, 0.1) is 0 Å². The molecular formula is C42H37ClF6N6O4. The minimum absolute atomic E-state index is 0.286. The van der Waals surface area contributed by atoms with Crippen LogP contribution >= 0.6 is 11.6 Å². The Balaban J connectivity index is 0.000000236. The van der Waals surface area contributed by atoms with Crippen LogP contribution in [-0.4, -0.2) is 44.6 Å². The van der Waals surface area contributed by atoms with Crippen LogP contribution in [0.15, 0.2) is 131 Å². The lowest BCUT2D eigenvalue weighted by atomic mass is 9.99. The molecule has 0 unspecified atom stereocenters. The summed E-state index contributed by atoms with van der Waals surface area (Å²) in [6.45, 7) is 7.19. The molecule has 0 fully saturated rings. The average Bonchev–Trinajstić information content (AvgIpc) is 3.89. The number of benzene rings is 4. The van der Waals surface area contributed by atoms with E-state index >= 15 is 0 Å². The normalized spacial score (nSPS) is 11.1. The fourth-order valence-corrected chi connectivity index (χ4v) is 5.24. The van der Waals surface area contributed by atoms with Gasteiger partial charge in [0.25, 0.3) is 0 Å². The summed E-state index contributed by atoms with van der Waals surface area (Å²) in [4.78, 5) is 20.6. The van der Waals surface area contributed by atoms with Crippen LogP contribution in [0.5, 0.6) is 0 Å². The number of hydrogen-bond donors (Lipinski definition) is 2. The molecule has 0 aliphatic heterocycles. The predicted octanol–water partition coefficient (Wildman–Crippen LogP) is 8.98. The molecule has 3 N–H and O–H groups in total. The van der Waals surface area contributed by atoms with E-state index in [4.69, 9.17) is 26.2 Å². The second-order valence-corrected chi connectivity index (χ2v) is 12.7. The fraction of sp³-hybridized carbons (Fsp3) is 0.190. The molecule has 6 rings (SSSR count). The van der Waals surface area contributed by atoms with Gasteiger partial charge < -0.3 is 19.9 Å². The van der Waals surface area contributed by atoms with E-state index in [1.807, 2.05) is 48.5 Å². The zero-order chi connectivity index (χ0) is 43.0. The van der Waals surface area contributed by atoms with Gasteiger partial charge in [0, 0.05) is 37.1 Å². The van der Waals surface area contributed by atoms with Crippen molar-refractivity contribution in [2.24, 2.45) is 5.73 Å². The minimum atomic E-state index is -4.36. The molecule has 0 aliphatic rings. The molecule has 0 spiro atoms. The average molecular weight is 839 g/mol. The highest BCUT2D eigenvalue weighted by atomic mass is 35.5. The van der Waals surface area contributed by atoms with Gasteiger partial charge in [-0.3, -0.25) is 9.59 Å². The molecule has 0 aliphatic carbocycles. The molecule has 0 atom stereocenters. The summed E-state index contributed by atoms with van der Waals surface area (Å²) in [5, 5.41) is 18.1. The Morgan fingerprint density at radius 1 is 0.644 bits per heavy atom. The number of halogens is 7. The van der Waals surface area contributed by atoms with Gasteiger partial charge in [-0.25, -0.2) is 0 Å². The zero-order valence-electron chi connectivity index (χ0n) is 31.2. The van der Waals surface area contributed by atoms with Crippen molar-refractivity contribution >= 4 is 22.8 Å². The maximum Gasteiger partial charge on any atom is 0.416 e. The minimum Gasteiger partial charge on any atom is -0.421 e. The molecule has 0 radical (unpaired) electrons. The summed E-state index contributed by atoms with van der Waals surface area (Å²) < 4.78 is 87.5. The molecule has 10 nitrogen and oxygen atoms in total. The fourth-order valence-electron chi connectivity index (χ4n) is 5.24. The first-order valence-electron chi connectivity index (χ1n) is 17.7. The van der Waals surface area contributed by atoms with Crippen LogP contribution in [0.25, 0.3) is 22.9 Å². The van der Waals surface area contributed by atoms with Gasteiger partial charge in [0.1, 0.15) is 0 Å². The first-order valence-corrected chi connectivity index (χ1v) is 18.0. The molecule has 17 heteroatoms. The summed E-state index contributed by atoms with van der Waals surface area (Å²) in [6.07, 6.45) is -4.73. The van der Waals surface area contributed by atoms with Crippen molar-refractivity contribution in [1.82, 2.24) is 25.7 Å². The number of hydrogen-bond acceptors (Lipinski definition) is 9. The second kappa shape index (κ2) is 21.4. The maximum atomic E-state index is 12.7. The molecule has 4 aromatic carbocycles. The molecule has 0 saturated heterocycles. The van der Waals surface area contributed by atoms with Crippen LogP contribution in [0.4, 0.5) is 26.3 Å². The van der Waals surface area contributed by atoms with Crippen molar-refractivity contribution in [3.63, 3.8) is 0 Å². The first kappa shape index (κ1) is 45.3. The molecule has 0 bridgehead atoms. The second-order valence-electron chi connectivity index (χ2n) is 12.4. The summed E-state index contributed by atoms with van der Waals surface area (Å²) >= 11 is 4.71. The van der Waals surface area contributed by atoms with Gasteiger partial charge in [0.05, 0.1) is 11.1 Å². The van der Waals surface area contributed by atoms with E-state index < -0.39 is 28.7 Å². The first-order chi connectivity index (χ1) is 28.1. The van der Waals surface area contributed by atoms with Crippen molar-refractivity contribution in [3.8, 4) is 22.9 Å². The van der Waals surface area contributed by atoms with Crippen LogP contribution < -0.4 is 11.1 Å². The van der Waals surface area contributed by atoms with Crippen LogP contribution in [0.1, 0.15) is 45.2 Å². The third-order valence-electron chi connectivity index (χ3n) is 8.12. The lowest BCUT2D eigenvalue weighted by Gasteiger charge is -2.09. The summed E-state index contributed by atoms with van der Waals surface area (Å²) in [5.41, 5.74) is 8.85. The number of amides is 1. The van der Waals surface area contributed by atoms with Gasteiger partial charge in [-0.2, -0.15) is 26.3 Å². The highest BCUT2D eigenvalue weighted by molar-refractivity contribution is 6.66. The summed E-state index contributed by atoms with van der Waals surface area (Å²) in [5.74, 6) is 1.24. The van der Waals surface area contributed by atoms with Gasteiger partial charge >= 0.3 is 12.4 Å². The molecule has 1 amide bonds. The van der Waals surface area contributed by atoms with E-state index in [1.165, 1.54) is 30.3 Å². The Morgan fingerprint density at radius 3 is 1.42 bits per heavy atom. The Hall–Kier alpha value is -6.39. The summed E-state index contributed by atoms with van der Waals surface area (Å²) in [7, 11) is 0. The van der Waals surface area contributed by atoms with E-state index in [-0.39, 0.29) is 5.91 Å². The van der Waals surface area contributed by atoms with Crippen molar-refractivity contribution in [1.29, 1.82) is 0 Å². The number of allylic oxidation sites excluding steroid dienone is 1. The highest BCUT2D eigenvalue weighted by Crippen LogP contribution is 2.32. The monoisotopic (exact) mass is 838 g/mol. The van der Waals surface area contributed by atoms with E-state index in [1.54, 1.807) is 0 Å². The Morgan fingerprint density at radius 2 is 1.05 bits per heavy atom. The number of aromatic nitrogens is 4. The van der Waals surface area contributed by atoms with Gasteiger partial charge in [-0.1, -0.05) is 73.8 Å². The lowest BCUT2D eigenvalue weighted by molar-refractivity contribution is -0.138. The Bertz CT molecular complexity index is 2310. The molecular weight excluding hydrogens is 802 g/mol. The molecule has 2 heterocycles. The smallest absolute Gasteiger partial charge is 0.416 e. The summed E-state index contributed by atoms with van der Waals surface area (Å²) in [6, 6.07) is 25.0. The number of carbonyl (C=O) groups is 2. The highest BCUT2D eigenvalue weighted by Gasteiger charge is 2.31. The van der Waals surface area contributed by atoms with E-state index in [2.05, 4.69) is 38.9 Å². The van der Waals surface area contributed by atoms with Crippen LogP contribution in [0.2, 0.25) is 0 Å². The lowest BCUT2D eigenvalue weighted by Crippen LogP contribution is -2.23. The quantitative estimate of drug-likeness (QED) is 0.0660. The van der Waals surface area contributed by atoms with Gasteiger partial charge in [-0.05, 0) is 95.2 Å². The van der Waals surface area contributed by atoms with Gasteiger partial charge in [0.2, 0.25) is 34.7 Å². The van der Waals surface area contributed by atoms with Gasteiger partial charge in [0.15, 0.2) is 0 Å². The van der Waals surface area contributed by atoms with Crippen molar-refractivity contribution in [2.45, 2.75) is 38.0 Å². The maximum absolute atomic E-state index is 12.7. The zero-order valence-corrected chi connectivity index (χ0v) is 32.0. The molecule has 0 saturated carbocycles. The van der Waals surface area contributed by atoms with Crippen molar-refractivity contribution in [2.75, 3.05) is 13.1 Å². The Labute approximate surface area is 339 Å². The number of nitrogens with one attached hydrogen (secondary N) is 1. The standard InChI is InChI=1S/C21H18F3N3O2.C18H16F3N3O.C3H3ClO/c1-2-18(28)25-12-11-19-26-27-20(29-19)17-6-4-3-5-15(17)13-14-7-9-16(10-8-14)21(22,23)24;19-18(20,21)14-7-5-12(6-8-14)11-13-3-1-2-4-15(13)17-24-23-16(25-17)9-10-22;1-2-3(4)5/h2-10H,1,11-13H2,(H,25,28);1-8H,9-11,22H2;2H,1H2. The van der Waals surface area contributed by atoms with E-state index in [0.717, 1.165) is 58.2 Å². The molecule has 6 aromatic rings. The number of carbonyl (C=O) groups excluding carboxylic acids is 2. The Kier molecular flexibility index (Phi) is 16.4. The van der Waals surface area contributed by atoms with Gasteiger partial charge in [-0.15, -0.1) is 20.4 Å². The van der Waals surface area contributed by atoms with E-state index in [0.29, 0.717) is 67.9 Å². The van der Waals surface area contributed by atoms with Crippen molar-refractivity contribution < 1.29 is 44.8 Å². The molecule has 59 heavy (non-hydrogen) atoms. The molecule has 308 valence electrons. The van der Waals surface area contributed by atoms with Crippen LogP contribution in [0.3, 0.4) is 0 Å². The number of nitrogens with two attached hydrogens (primary N) is 1. The van der Waals surface area contributed by atoms with Crippen LogP contribution in [-0.2, 0) is 47.6 Å². The predicted molar refractivity (Wildman–Crippen MR) is 209 cm³/mol. The van der Waals surface area contributed by atoms with E-state index in [9.17, 15) is 35.9 Å². The number of rotatable bonds is 13. The third kappa shape index (κ3) is 14.2. The number of alkyl halides is 6. The SMILES string of the molecule is C=CC(=O)Cl.C=CC(=O)NCCc1nnc(-c2ccccc2Cc2ccc(C(F)(F)F)cc2)o1.NCCc1nnc(-c2ccccc2Cc2ccc(C(F)(F)F)cc2)o1. The third-order valence-corrected chi connectivity index (χ3v) is 8.28. The largest absolute Gasteiger partial charge is 0.421 e. The topological polar surface area (TPSA) is 150 Å².